The number of hydrogen-bond donors (Lipinski definition) is 1. The molecule has 0 spiro atoms. The van der Waals surface area contributed by atoms with Gasteiger partial charge in [-0.25, -0.2) is 8.42 Å². The van der Waals surface area contributed by atoms with Crippen LogP contribution in [0.15, 0.2) is 46.9 Å². The molecule has 0 radical (unpaired) electrons. The zero-order chi connectivity index (χ0) is 24.1. The maximum Gasteiger partial charge on any atom is 0.244 e. The fraction of sp³-hybridized carbons (Fsp3) is 0.364. The van der Waals surface area contributed by atoms with Crippen molar-refractivity contribution in [2.75, 3.05) is 23.7 Å². The van der Waals surface area contributed by atoms with Crippen LogP contribution in [0.4, 0.5) is 5.69 Å². The molecule has 10 heteroatoms. The summed E-state index contributed by atoms with van der Waals surface area (Å²) in [5, 5.41) is 3.27. The highest BCUT2D eigenvalue weighted by atomic mass is 79.9. The highest BCUT2D eigenvalue weighted by Crippen LogP contribution is 2.25. The Balaban J connectivity index is 2.39. The highest BCUT2D eigenvalue weighted by molar-refractivity contribution is 9.10. The average molecular weight is 545 g/mol. The van der Waals surface area contributed by atoms with Crippen LogP contribution in [0.3, 0.4) is 0 Å². The summed E-state index contributed by atoms with van der Waals surface area (Å²) in [7, 11) is -3.76. The van der Waals surface area contributed by atoms with Crippen LogP contribution in [0, 0.1) is 6.92 Å². The van der Waals surface area contributed by atoms with E-state index >= 15 is 0 Å². The van der Waals surface area contributed by atoms with Crippen molar-refractivity contribution in [2.45, 2.75) is 33.4 Å². The summed E-state index contributed by atoms with van der Waals surface area (Å²) in [6, 6.07) is 11.2. The molecule has 1 N–H and O–H groups in total. The fourth-order valence-electron chi connectivity index (χ4n) is 3.09. The van der Waals surface area contributed by atoms with Gasteiger partial charge in [0.15, 0.2) is 0 Å². The van der Waals surface area contributed by atoms with Gasteiger partial charge in [-0.3, -0.25) is 13.9 Å². The average Bonchev–Trinajstić information content (AvgIpc) is 2.72. The van der Waals surface area contributed by atoms with Gasteiger partial charge in [0, 0.05) is 22.6 Å². The molecular formula is C22H27BrClN3O4S. The van der Waals surface area contributed by atoms with Gasteiger partial charge in [0.25, 0.3) is 0 Å². The number of anilines is 1. The number of halogens is 2. The number of rotatable bonds is 9. The van der Waals surface area contributed by atoms with Crippen LogP contribution < -0.4 is 9.62 Å². The summed E-state index contributed by atoms with van der Waals surface area (Å²) < 4.78 is 27.0. The molecule has 2 aromatic carbocycles. The second kappa shape index (κ2) is 11.2. The van der Waals surface area contributed by atoms with Crippen molar-refractivity contribution in [3.05, 3.63) is 63.1 Å². The number of nitrogens with one attached hydrogen (secondary N) is 1. The van der Waals surface area contributed by atoms with Gasteiger partial charge in [-0.15, -0.1) is 0 Å². The summed E-state index contributed by atoms with van der Waals surface area (Å²) in [6.45, 7) is 5.35. The van der Waals surface area contributed by atoms with Crippen molar-refractivity contribution < 1.29 is 18.0 Å². The van der Waals surface area contributed by atoms with Gasteiger partial charge >= 0.3 is 0 Å². The van der Waals surface area contributed by atoms with Crippen LogP contribution in [0.5, 0.6) is 0 Å². The van der Waals surface area contributed by atoms with Gasteiger partial charge < -0.3 is 10.2 Å². The minimum Gasteiger partial charge on any atom is -0.355 e. The third kappa shape index (κ3) is 6.95. The van der Waals surface area contributed by atoms with Crippen LogP contribution in [0.25, 0.3) is 0 Å². The maximum absolute atomic E-state index is 13.4. The van der Waals surface area contributed by atoms with Crippen molar-refractivity contribution in [3.63, 3.8) is 0 Å². The second-order valence-electron chi connectivity index (χ2n) is 7.42. The number of likely N-dealkylation sites (N-methyl/N-ethyl adjacent to an activating group) is 1. The predicted molar refractivity (Wildman–Crippen MR) is 131 cm³/mol. The minimum absolute atomic E-state index is 0.130. The molecule has 0 aliphatic heterocycles. The van der Waals surface area contributed by atoms with E-state index < -0.39 is 28.5 Å². The van der Waals surface area contributed by atoms with Gasteiger partial charge in [0.2, 0.25) is 21.8 Å². The summed E-state index contributed by atoms with van der Waals surface area (Å²) in [6.07, 6.45) is 1.05. The number of amides is 2. The molecule has 0 aliphatic carbocycles. The van der Waals surface area contributed by atoms with Gasteiger partial charge in [0.1, 0.15) is 12.6 Å². The highest BCUT2D eigenvalue weighted by Gasteiger charge is 2.30. The largest absolute Gasteiger partial charge is 0.355 e. The molecular weight excluding hydrogens is 518 g/mol. The third-order valence-corrected chi connectivity index (χ3v) is 7.18. The molecule has 174 valence electrons. The number of hydrogen-bond acceptors (Lipinski definition) is 4. The first kappa shape index (κ1) is 26.2. The van der Waals surface area contributed by atoms with Crippen molar-refractivity contribution in [2.24, 2.45) is 0 Å². The Morgan fingerprint density at radius 1 is 1.16 bits per heavy atom. The van der Waals surface area contributed by atoms with Crippen LogP contribution >= 0.6 is 27.5 Å². The lowest BCUT2D eigenvalue weighted by molar-refractivity contribution is -0.139. The first-order valence-electron chi connectivity index (χ1n) is 9.99. The van der Waals surface area contributed by atoms with Crippen LogP contribution in [-0.2, 0) is 26.2 Å². The number of nitrogens with zero attached hydrogens (tertiary/aromatic N) is 2. The number of carbonyl (C=O) groups excluding carboxylic acids is 2. The maximum atomic E-state index is 13.4. The third-order valence-electron chi connectivity index (χ3n) is 4.89. The number of carbonyl (C=O) groups is 2. The molecule has 2 aromatic rings. The van der Waals surface area contributed by atoms with Crippen LogP contribution in [0.1, 0.15) is 25.0 Å². The first-order valence-corrected chi connectivity index (χ1v) is 13.0. The second-order valence-corrected chi connectivity index (χ2v) is 10.6. The van der Waals surface area contributed by atoms with E-state index in [0.717, 1.165) is 26.2 Å². The van der Waals surface area contributed by atoms with Gasteiger partial charge in [-0.2, -0.15) is 0 Å². The molecule has 1 atom stereocenters. The molecule has 2 rings (SSSR count). The van der Waals surface area contributed by atoms with E-state index in [-0.39, 0.29) is 12.5 Å². The van der Waals surface area contributed by atoms with E-state index in [1.165, 1.54) is 4.90 Å². The SMILES string of the molecule is CCNC(=O)C(C)N(Cc1ccc(Cl)cc1)C(=O)CN(c1ccc(Br)c(C)c1)S(C)(=O)=O. The van der Waals surface area contributed by atoms with E-state index in [1.54, 1.807) is 56.3 Å². The Morgan fingerprint density at radius 3 is 2.31 bits per heavy atom. The predicted octanol–water partition coefficient (Wildman–Crippen LogP) is 3.73. The summed E-state index contributed by atoms with van der Waals surface area (Å²) >= 11 is 9.35. The van der Waals surface area contributed by atoms with Gasteiger partial charge in [-0.05, 0) is 62.2 Å². The topological polar surface area (TPSA) is 86.8 Å². The molecule has 0 heterocycles. The number of sulfonamides is 1. The lowest BCUT2D eigenvalue weighted by Gasteiger charge is -2.31. The Labute approximate surface area is 202 Å². The lowest BCUT2D eigenvalue weighted by Crippen LogP contribution is -2.51. The molecule has 0 aromatic heterocycles. The Bertz CT molecular complexity index is 1080. The molecule has 2 amide bonds. The zero-order valence-corrected chi connectivity index (χ0v) is 21.6. The van der Waals surface area contributed by atoms with Crippen molar-refractivity contribution >= 4 is 55.1 Å². The molecule has 7 nitrogen and oxygen atoms in total. The molecule has 1 unspecified atom stereocenters. The normalized spacial score (nSPS) is 12.2. The van der Waals surface area contributed by atoms with Crippen molar-refractivity contribution in [3.8, 4) is 0 Å². The van der Waals surface area contributed by atoms with E-state index in [1.807, 2.05) is 6.92 Å². The number of aryl methyl sites for hydroxylation is 1. The zero-order valence-electron chi connectivity index (χ0n) is 18.4. The van der Waals surface area contributed by atoms with Gasteiger partial charge in [0.05, 0.1) is 11.9 Å². The van der Waals surface area contributed by atoms with E-state index in [9.17, 15) is 18.0 Å². The van der Waals surface area contributed by atoms with Crippen molar-refractivity contribution in [1.29, 1.82) is 0 Å². The summed E-state index contributed by atoms with van der Waals surface area (Å²) in [5.74, 6) is -0.815. The quantitative estimate of drug-likeness (QED) is 0.521. The Morgan fingerprint density at radius 2 is 1.78 bits per heavy atom. The fourth-order valence-corrected chi connectivity index (χ4v) is 4.30. The smallest absolute Gasteiger partial charge is 0.244 e. The first-order chi connectivity index (χ1) is 14.9. The van der Waals surface area contributed by atoms with Crippen molar-refractivity contribution in [1.82, 2.24) is 10.2 Å². The molecule has 32 heavy (non-hydrogen) atoms. The van der Waals surface area contributed by atoms with Crippen LogP contribution in [-0.4, -0.2) is 50.5 Å². The van der Waals surface area contributed by atoms with Gasteiger partial charge in [-0.1, -0.05) is 39.7 Å². The van der Waals surface area contributed by atoms with E-state index in [2.05, 4.69) is 21.2 Å². The molecule has 0 aliphatic rings. The minimum atomic E-state index is -3.76. The molecule has 0 saturated heterocycles. The monoisotopic (exact) mass is 543 g/mol. The Kier molecular flexibility index (Phi) is 9.12. The summed E-state index contributed by atoms with van der Waals surface area (Å²) in [4.78, 5) is 27.2. The van der Waals surface area contributed by atoms with E-state index in [4.69, 9.17) is 11.6 Å². The van der Waals surface area contributed by atoms with Crippen LogP contribution in [0.2, 0.25) is 5.02 Å². The lowest BCUT2D eigenvalue weighted by atomic mass is 10.1. The molecule has 0 fully saturated rings. The molecule has 0 bridgehead atoms. The Hall–Kier alpha value is -2.10. The summed E-state index contributed by atoms with van der Waals surface area (Å²) in [5.41, 5.74) is 1.97. The number of benzene rings is 2. The standard InChI is InChI=1S/C22H27BrClN3O4S/c1-5-25-22(29)16(3)26(13-17-6-8-18(24)9-7-17)21(28)14-27(32(4,30)31)19-10-11-20(23)15(2)12-19/h6-12,16H,5,13-14H2,1-4H3,(H,25,29). The van der Waals surface area contributed by atoms with E-state index in [0.29, 0.717) is 17.3 Å². The molecule has 0 saturated carbocycles.